The van der Waals surface area contributed by atoms with Crippen molar-refractivity contribution in [2.45, 2.75) is 20.0 Å². The molecule has 1 unspecified atom stereocenters. The second-order valence-corrected chi connectivity index (χ2v) is 4.50. The van der Waals surface area contributed by atoms with Crippen molar-refractivity contribution in [2.75, 3.05) is 0 Å². The van der Waals surface area contributed by atoms with Gasteiger partial charge in [-0.05, 0) is 37.1 Å². The minimum absolute atomic E-state index is 0.346. The van der Waals surface area contributed by atoms with E-state index < -0.39 is 17.7 Å². The van der Waals surface area contributed by atoms with Crippen LogP contribution >= 0.6 is 0 Å². The molecule has 0 spiro atoms. The highest BCUT2D eigenvalue weighted by Gasteiger charge is 2.13. The second kappa shape index (κ2) is 4.86. The highest BCUT2D eigenvalue weighted by molar-refractivity contribution is 5.35. The Bertz CT molecular complexity index is 558. The normalized spacial score (nSPS) is 12.5. The van der Waals surface area contributed by atoms with E-state index in [0.29, 0.717) is 11.1 Å². The first kappa shape index (κ1) is 12.7. The van der Waals surface area contributed by atoms with E-state index in [4.69, 9.17) is 0 Å². The van der Waals surface area contributed by atoms with Crippen molar-refractivity contribution in [3.63, 3.8) is 0 Å². The smallest absolute Gasteiger partial charge is 0.159 e. The molecule has 0 aliphatic rings. The topological polar surface area (TPSA) is 20.2 Å². The van der Waals surface area contributed by atoms with Gasteiger partial charge >= 0.3 is 0 Å². The molecule has 0 amide bonds. The molecule has 0 aromatic heterocycles. The first-order chi connectivity index (χ1) is 8.47. The molecule has 94 valence electrons. The van der Waals surface area contributed by atoms with Crippen LogP contribution in [-0.4, -0.2) is 5.11 Å². The van der Waals surface area contributed by atoms with Crippen LogP contribution in [0.4, 0.5) is 8.78 Å². The maximum atomic E-state index is 13.1. The molecule has 1 N–H and O–H groups in total. The molecule has 2 aromatic rings. The average Bonchev–Trinajstić information content (AvgIpc) is 2.30. The van der Waals surface area contributed by atoms with Gasteiger partial charge in [-0.3, -0.25) is 0 Å². The molecule has 18 heavy (non-hydrogen) atoms. The van der Waals surface area contributed by atoms with Gasteiger partial charge in [-0.2, -0.15) is 0 Å². The van der Waals surface area contributed by atoms with Crippen molar-refractivity contribution < 1.29 is 13.9 Å². The van der Waals surface area contributed by atoms with Crippen LogP contribution in [0.1, 0.15) is 28.4 Å². The minimum atomic E-state index is -0.948. The molecule has 0 radical (unpaired) electrons. The number of halogens is 2. The predicted molar refractivity (Wildman–Crippen MR) is 66.3 cm³/mol. The van der Waals surface area contributed by atoms with Crippen molar-refractivity contribution in [3.05, 3.63) is 70.3 Å². The molecule has 0 fully saturated rings. The Balaban J connectivity index is 2.40. The lowest BCUT2D eigenvalue weighted by atomic mass is 9.98. The number of benzene rings is 2. The molecule has 0 aliphatic heterocycles. The highest BCUT2D eigenvalue weighted by atomic mass is 19.2. The van der Waals surface area contributed by atoms with Gasteiger partial charge in [-0.25, -0.2) is 8.78 Å². The third-order valence-corrected chi connectivity index (χ3v) is 2.82. The van der Waals surface area contributed by atoms with E-state index in [9.17, 15) is 13.9 Å². The number of hydrogen-bond donors (Lipinski definition) is 1. The second-order valence-electron chi connectivity index (χ2n) is 4.50. The van der Waals surface area contributed by atoms with Crippen LogP contribution in [-0.2, 0) is 0 Å². The van der Waals surface area contributed by atoms with Gasteiger partial charge in [-0.1, -0.05) is 35.4 Å². The number of aliphatic hydroxyl groups excluding tert-OH is 1. The molecule has 2 aromatic carbocycles. The zero-order valence-electron chi connectivity index (χ0n) is 10.2. The van der Waals surface area contributed by atoms with Crippen LogP contribution in [0, 0.1) is 25.5 Å². The monoisotopic (exact) mass is 248 g/mol. The summed E-state index contributed by atoms with van der Waals surface area (Å²) in [6.07, 6.45) is -0.946. The minimum Gasteiger partial charge on any atom is -0.384 e. The SMILES string of the molecule is Cc1cc(C)cc(C(O)c2ccc(F)c(F)c2)c1. The van der Waals surface area contributed by atoms with Crippen molar-refractivity contribution >= 4 is 0 Å². The van der Waals surface area contributed by atoms with E-state index >= 15 is 0 Å². The van der Waals surface area contributed by atoms with Gasteiger partial charge in [0.25, 0.3) is 0 Å². The molecule has 0 saturated carbocycles. The van der Waals surface area contributed by atoms with Gasteiger partial charge in [-0.15, -0.1) is 0 Å². The van der Waals surface area contributed by atoms with E-state index in [2.05, 4.69) is 0 Å². The molecule has 0 bridgehead atoms. The molecule has 0 heterocycles. The molecular weight excluding hydrogens is 234 g/mol. The fourth-order valence-corrected chi connectivity index (χ4v) is 2.04. The van der Waals surface area contributed by atoms with Crippen LogP contribution < -0.4 is 0 Å². The van der Waals surface area contributed by atoms with E-state index in [1.165, 1.54) is 6.07 Å². The molecular formula is C15H14F2O. The average molecular weight is 248 g/mol. The Labute approximate surface area is 105 Å². The van der Waals surface area contributed by atoms with Gasteiger partial charge in [0.2, 0.25) is 0 Å². The number of hydrogen-bond acceptors (Lipinski definition) is 1. The van der Waals surface area contributed by atoms with Gasteiger partial charge in [0, 0.05) is 0 Å². The number of rotatable bonds is 2. The standard InChI is InChI=1S/C15H14F2O/c1-9-5-10(2)7-12(6-9)15(18)11-3-4-13(16)14(17)8-11/h3-8,15,18H,1-2H3. The van der Waals surface area contributed by atoms with E-state index in [0.717, 1.165) is 23.3 Å². The van der Waals surface area contributed by atoms with Gasteiger partial charge in [0.15, 0.2) is 11.6 Å². The van der Waals surface area contributed by atoms with Crippen LogP contribution in [0.15, 0.2) is 36.4 Å². The summed E-state index contributed by atoms with van der Waals surface area (Å²) in [6, 6.07) is 9.09. The quantitative estimate of drug-likeness (QED) is 0.859. The molecule has 2 rings (SSSR count). The Hall–Kier alpha value is -1.74. The molecule has 1 atom stereocenters. The first-order valence-electron chi connectivity index (χ1n) is 5.68. The summed E-state index contributed by atoms with van der Waals surface area (Å²) in [5.41, 5.74) is 3.07. The molecule has 0 aliphatic carbocycles. The van der Waals surface area contributed by atoms with E-state index in [1.54, 1.807) is 0 Å². The molecule has 0 saturated heterocycles. The van der Waals surface area contributed by atoms with Crippen LogP contribution in [0.5, 0.6) is 0 Å². The maximum absolute atomic E-state index is 13.1. The van der Waals surface area contributed by atoms with Crippen molar-refractivity contribution in [1.29, 1.82) is 0 Å². The third kappa shape index (κ3) is 2.57. The van der Waals surface area contributed by atoms with E-state index in [-0.39, 0.29) is 0 Å². The summed E-state index contributed by atoms with van der Waals surface area (Å²) in [4.78, 5) is 0. The van der Waals surface area contributed by atoms with Crippen LogP contribution in [0.3, 0.4) is 0 Å². The zero-order chi connectivity index (χ0) is 13.3. The summed E-state index contributed by atoms with van der Waals surface area (Å²) < 4.78 is 26.0. The van der Waals surface area contributed by atoms with Gasteiger partial charge in [0.05, 0.1) is 0 Å². The Morgan fingerprint density at radius 1 is 0.833 bits per heavy atom. The van der Waals surface area contributed by atoms with Crippen molar-refractivity contribution in [1.82, 2.24) is 0 Å². The van der Waals surface area contributed by atoms with Gasteiger partial charge in [0.1, 0.15) is 6.10 Å². The highest BCUT2D eigenvalue weighted by Crippen LogP contribution is 2.25. The summed E-state index contributed by atoms with van der Waals surface area (Å²) in [5, 5.41) is 10.2. The predicted octanol–water partition coefficient (Wildman–Crippen LogP) is 3.66. The van der Waals surface area contributed by atoms with Crippen molar-refractivity contribution in [2.24, 2.45) is 0 Å². The van der Waals surface area contributed by atoms with Gasteiger partial charge < -0.3 is 5.11 Å². The number of aryl methyl sites for hydroxylation is 2. The summed E-state index contributed by atoms with van der Waals surface area (Å²) in [5.74, 6) is -1.86. The molecule has 1 nitrogen and oxygen atoms in total. The fourth-order valence-electron chi connectivity index (χ4n) is 2.04. The van der Waals surface area contributed by atoms with E-state index in [1.807, 2.05) is 32.0 Å². The summed E-state index contributed by atoms with van der Waals surface area (Å²) in [6.45, 7) is 3.85. The van der Waals surface area contributed by atoms with Crippen LogP contribution in [0.2, 0.25) is 0 Å². The lowest BCUT2D eigenvalue weighted by molar-refractivity contribution is 0.219. The Kier molecular flexibility index (Phi) is 3.43. The third-order valence-electron chi connectivity index (χ3n) is 2.82. The lowest BCUT2D eigenvalue weighted by Gasteiger charge is -2.13. The zero-order valence-corrected chi connectivity index (χ0v) is 10.2. The summed E-state index contributed by atoms with van der Waals surface area (Å²) >= 11 is 0. The van der Waals surface area contributed by atoms with Crippen LogP contribution in [0.25, 0.3) is 0 Å². The first-order valence-corrected chi connectivity index (χ1v) is 5.68. The van der Waals surface area contributed by atoms with Crippen molar-refractivity contribution in [3.8, 4) is 0 Å². The number of aliphatic hydroxyl groups is 1. The Morgan fingerprint density at radius 3 is 2.00 bits per heavy atom. The molecule has 3 heteroatoms. The fraction of sp³-hybridized carbons (Fsp3) is 0.200. The summed E-state index contributed by atoms with van der Waals surface area (Å²) in [7, 11) is 0. The lowest BCUT2D eigenvalue weighted by Crippen LogP contribution is -2.02. The largest absolute Gasteiger partial charge is 0.384 e. The maximum Gasteiger partial charge on any atom is 0.159 e. The Morgan fingerprint density at radius 2 is 1.44 bits per heavy atom.